The van der Waals surface area contributed by atoms with Crippen molar-refractivity contribution in [1.29, 1.82) is 0 Å². The van der Waals surface area contributed by atoms with Gasteiger partial charge in [0.1, 0.15) is 0 Å². The first-order chi connectivity index (χ1) is 26.8. The Kier molecular flexibility index (Phi) is 6.97. The van der Waals surface area contributed by atoms with Crippen molar-refractivity contribution in [1.82, 2.24) is 0 Å². The molecule has 0 fully saturated rings. The van der Waals surface area contributed by atoms with Crippen molar-refractivity contribution < 1.29 is 0 Å². The quantitative estimate of drug-likeness (QED) is 0.128. The first-order valence-corrected chi connectivity index (χ1v) is 18.8. The minimum absolute atomic E-state index is 1.21. The smallest absolute Gasteiger partial charge is 0.00261 e. The van der Waals surface area contributed by atoms with E-state index < -0.39 is 0 Å². The van der Waals surface area contributed by atoms with Crippen molar-refractivity contribution in [2.45, 2.75) is 0 Å². The van der Waals surface area contributed by atoms with Crippen molar-refractivity contribution in [2.75, 3.05) is 0 Å². The second kappa shape index (κ2) is 12.3. The lowest BCUT2D eigenvalue weighted by Gasteiger charge is -2.19. The molecule has 0 amide bonds. The summed E-state index contributed by atoms with van der Waals surface area (Å²) in [6, 6.07) is 76.2. The Morgan fingerprint density at radius 2 is 0.704 bits per heavy atom. The largest absolute Gasteiger partial charge is 0.0616 e. The molecule has 0 unspecified atom stereocenters. The second-order valence-corrected chi connectivity index (χ2v) is 14.4. The monoisotopic (exact) mass is 682 g/mol. The van der Waals surface area contributed by atoms with Gasteiger partial charge in [-0.2, -0.15) is 0 Å². The lowest BCUT2D eigenvalue weighted by molar-refractivity contribution is 1.64. The Hall–Kier alpha value is -7.02. The summed E-state index contributed by atoms with van der Waals surface area (Å²) < 4.78 is 0. The summed E-state index contributed by atoms with van der Waals surface area (Å²) >= 11 is 0. The Morgan fingerprint density at radius 3 is 1.48 bits per heavy atom. The molecule has 0 heteroatoms. The molecule has 0 aliphatic rings. The van der Waals surface area contributed by atoms with Crippen LogP contribution in [0, 0.1) is 0 Å². The van der Waals surface area contributed by atoms with Crippen molar-refractivity contribution in [3.05, 3.63) is 206 Å². The van der Waals surface area contributed by atoms with E-state index in [9.17, 15) is 0 Å². The van der Waals surface area contributed by atoms with Gasteiger partial charge in [-0.15, -0.1) is 0 Å². The summed E-state index contributed by atoms with van der Waals surface area (Å²) in [7, 11) is 0. The normalized spacial score (nSPS) is 11.7. The molecule has 54 heavy (non-hydrogen) atoms. The first kappa shape index (κ1) is 30.6. The fourth-order valence-corrected chi connectivity index (χ4v) is 8.90. The minimum atomic E-state index is 1.21. The van der Waals surface area contributed by atoms with E-state index in [4.69, 9.17) is 0 Å². The zero-order valence-electron chi connectivity index (χ0n) is 29.6. The highest BCUT2D eigenvalue weighted by molar-refractivity contribution is 6.23. The predicted molar refractivity (Wildman–Crippen MR) is 233 cm³/mol. The summed E-state index contributed by atoms with van der Waals surface area (Å²) in [6.07, 6.45) is 0. The Balaban J connectivity index is 1.18. The topological polar surface area (TPSA) is 0 Å². The van der Waals surface area contributed by atoms with Crippen LogP contribution >= 0.6 is 0 Å². The Bertz CT molecular complexity index is 3250. The van der Waals surface area contributed by atoms with Gasteiger partial charge in [0.25, 0.3) is 0 Å². The highest BCUT2D eigenvalue weighted by atomic mass is 14.2. The third-order valence-electron chi connectivity index (χ3n) is 11.4. The molecule has 0 aromatic heterocycles. The third-order valence-corrected chi connectivity index (χ3v) is 11.4. The number of fused-ring (bicyclic) bond motifs is 7. The maximum Gasteiger partial charge on any atom is -0.00261 e. The van der Waals surface area contributed by atoms with Gasteiger partial charge in [0.15, 0.2) is 0 Å². The maximum atomic E-state index is 2.44. The number of hydrogen-bond acceptors (Lipinski definition) is 0. The van der Waals surface area contributed by atoms with Crippen LogP contribution in [0.15, 0.2) is 206 Å². The van der Waals surface area contributed by atoms with Crippen LogP contribution in [0.5, 0.6) is 0 Å². The maximum absolute atomic E-state index is 2.44. The summed E-state index contributed by atoms with van der Waals surface area (Å²) in [4.78, 5) is 0. The van der Waals surface area contributed by atoms with Crippen molar-refractivity contribution >= 4 is 64.6 Å². The molecular weight excluding hydrogens is 649 g/mol. The van der Waals surface area contributed by atoms with E-state index in [-0.39, 0.29) is 0 Å². The first-order valence-electron chi connectivity index (χ1n) is 18.8. The lowest BCUT2D eigenvalue weighted by atomic mass is 9.84. The minimum Gasteiger partial charge on any atom is -0.0616 e. The van der Waals surface area contributed by atoms with Crippen LogP contribution in [-0.4, -0.2) is 0 Å². The van der Waals surface area contributed by atoms with Gasteiger partial charge in [-0.05, 0) is 127 Å². The number of benzene rings is 11. The van der Waals surface area contributed by atoms with Crippen LogP contribution in [0.25, 0.3) is 109 Å². The molecule has 11 rings (SSSR count). The molecule has 0 heterocycles. The van der Waals surface area contributed by atoms with Gasteiger partial charge in [0.2, 0.25) is 0 Å². The molecule has 0 aliphatic heterocycles. The number of hydrogen-bond donors (Lipinski definition) is 0. The second-order valence-electron chi connectivity index (χ2n) is 14.4. The van der Waals surface area contributed by atoms with Crippen LogP contribution in [0.2, 0.25) is 0 Å². The van der Waals surface area contributed by atoms with Crippen LogP contribution in [0.4, 0.5) is 0 Å². The van der Waals surface area contributed by atoms with E-state index in [2.05, 4.69) is 206 Å². The van der Waals surface area contributed by atoms with E-state index in [1.54, 1.807) is 0 Å². The SMILES string of the molecule is c1ccc2cc(-c3c4ccccc4c(-c4ccc(-c5cc6ccccc6c6ccccc56)cc4)c4cc(-c5cccc6ccccc56)ccc34)ccc2c1. The highest BCUT2D eigenvalue weighted by Crippen LogP contribution is 2.46. The zero-order valence-corrected chi connectivity index (χ0v) is 29.6. The van der Waals surface area contributed by atoms with E-state index in [0.29, 0.717) is 0 Å². The van der Waals surface area contributed by atoms with Crippen LogP contribution < -0.4 is 0 Å². The van der Waals surface area contributed by atoms with Crippen LogP contribution in [0.1, 0.15) is 0 Å². The van der Waals surface area contributed by atoms with Crippen LogP contribution in [-0.2, 0) is 0 Å². The van der Waals surface area contributed by atoms with Crippen LogP contribution in [0.3, 0.4) is 0 Å². The molecule has 0 saturated carbocycles. The predicted octanol–water partition coefficient (Wildman–Crippen LogP) is 15.3. The summed E-state index contributed by atoms with van der Waals surface area (Å²) in [6.45, 7) is 0. The van der Waals surface area contributed by atoms with Gasteiger partial charge < -0.3 is 0 Å². The third kappa shape index (κ3) is 4.85. The molecule has 0 nitrogen and oxygen atoms in total. The van der Waals surface area contributed by atoms with Gasteiger partial charge in [-0.3, -0.25) is 0 Å². The van der Waals surface area contributed by atoms with Crippen molar-refractivity contribution in [3.63, 3.8) is 0 Å². The molecular formula is C54H34. The Morgan fingerprint density at radius 1 is 0.185 bits per heavy atom. The fraction of sp³-hybridized carbons (Fsp3) is 0. The summed E-state index contributed by atoms with van der Waals surface area (Å²) in [5.74, 6) is 0. The molecule has 0 radical (unpaired) electrons. The molecule has 250 valence electrons. The zero-order chi connectivity index (χ0) is 35.6. The summed E-state index contributed by atoms with van der Waals surface area (Å²) in [5.41, 5.74) is 9.94. The van der Waals surface area contributed by atoms with Crippen molar-refractivity contribution in [3.8, 4) is 44.5 Å². The standard InChI is InChI=1S/C54H34/c1-2-14-39-32-42(29-24-35(39)12-1)54-49-22-10-9-21-48(49)53(52-34-41(30-31-50(52)54)44-23-11-16-36-13-3-5-17-43(36)44)38-27-25-37(26-28-38)51-33-40-15-4-6-18-45(40)46-19-7-8-20-47(46)51/h1-34H. The van der Waals surface area contributed by atoms with Gasteiger partial charge >= 0.3 is 0 Å². The fourth-order valence-electron chi connectivity index (χ4n) is 8.90. The Labute approximate surface area is 314 Å². The van der Waals surface area contributed by atoms with Gasteiger partial charge in [-0.1, -0.05) is 188 Å². The van der Waals surface area contributed by atoms with E-state index >= 15 is 0 Å². The highest BCUT2D eigenvalue weighted by Gasteiger charge is 2.19. The average molecular weight is 683 g/mol. The lowest BCUT2D eigenvalue weighted by Crippen LogP contribution is -1.92. The molecule has 11 aromatic rings. The van der Waals surface area contributed by atoms with Gasteiger partial charge in [0, 0.05) is 0 Å². The average Bonchev–Trinajstić information content (AvgIpc) is 3.25. The van der Waals surface area contributed by atoms with Gasteiger partial charge in [0.05, 0.1) is 0 Å². The van der Waals surface area contributed by atoms with E-state index in [0.717, 1.165) is 0 Å². The van der Waals surface area contributed by atoms with Crippen molar-refractivity contribution in [2.24, 2.45) is 0 Å². The molecule has 0 aliphatic carbocycles. The number of rotatable bonds is 4. The molecule has 0 saturated heterocycles. The van der Waals surface area contributed by atoms with E-state index in [1.165, 1.54) is 109 Å². The molecule has 0 N–H and O–H groups in total. The van der Waals surface area contributed by atoms with Gasteiger partial charge in [-0.25, -0.2) is 0 Å². The van der Waals surface area contributed by atoms with E-state index in [1.807, 2.05) is 0 Å². The molecule has 0 atom stereocenters. The molecule has 11 aromatic carbocycles. The molecule has 0 spiro atoms. The summed E-state index contributed by atoms with van der Waals surface area (Å²) in [5, 5.41) is 15.2. The molecule has 0 bridgehead atoms.